The summed E-state index contributed by atoms with van der Waals surface area (Å²) in [6.45, 7) is 1.41. The molecule has 0 fully saturated rings. The number of rotatable bonds is 6. The normalized spacial score (nSPS) is 14.6. The van der Waals surface area contributed by atoms with Gasteiger partial charge in [-0.25, -0.2) is 13.1 Å². The highest BCUT2D eigenvalue weighted by atomic mass is 32.2. The largest absolute Gasteiger partial charge is 0.392 e. The molecule has 7 nitrogen and oxygen atoms in total. The standard InChI is InChI=1S/C12H19N3O4S/c1-8(16)11(13)7-15-20(18,19)10-5-3-9(4-6-10)12(17)14-2/h3-6,8,11,15-16H,7,13H2,1-2H3,(H,14,17). The topological polar surface area (TPSA) is 122 Å². The highest BCUT2D eigenvalue weighted by molar-refractivity contribution is 7.89. The molecule has 0 aliphatic heterocycles. The van der Waals surface area contributed by atoms with E-state index in [9.17, 15) is 18.3 Å². The Balaban J connectivity index is 2.80. The number of carbonyl (C=O) groups excluding carboxylic acids is 1. The van der Waals surface area contributed by atoms with Crippen molar-refractivity contribution < 1.29 is 18.3 Å². The zero-order valence-corrected chi connectivity index (χ0v) is 12.1. The maximum atomic E-state index is 12.0. The van der Waals surface area contributed by atoms with E-state index in [-0.39, 0.29) is 17.3 Å². The number of hydrogen-bond donors (Lipinski definition) is 4. The van der Waals surface area contributed by atoms with Crippen LogP contribution in [0.1, 0.15) is 17.3 Å². The molecule has 2 atom stereocenters. The molecule has 5 N–H and O–H groups in total. The monoisotopic (exact) mass is 301 g/mol. The van der Waals surface area contributed by atoms with E-state index in [1.807, 2.05) is 0 Å². The molecule has 112 valence electrons. The van der Waals surface area contributed by atoms with Gasteiger partial charge in [0.25, 0.3) is 5.91 Å². The molecule has 0 aliphatic rings. The first-order valence-corrected chi connectivity index (χ1v) is 7.51. The molecule has 1 aromatic carbocycles. The van der Waals surface area contributed by atoms with Gasteiger partial charge in [-0.15, -0.1) is 0 Å². The maximum Gasteiger partial charge on any atom is 0.251 e. The zero-order valence-electron chi connectivity index (χ0n) is 11.3. The molecule has 0 bridgehead atoms. The summed E-state index contributed by atoms with van der Waals surface area (Å²) in [5.74, 6) is -0.293. The lowest BCUT2D eigenvalue weighted by Gasteiger charge is -2.15. The van der Waals surface area contributed by atoms with Crippen LogP contribution in [0.25, 0.3) is 0 Å². The van der Waals surface area contributed by atoms with Crippen LogP contribution in [0.5, 0.6) is 0 Å². The van der Waals surface area contributed by atoms with E-state index in [0.717, 1.165) is 0 Å². The van der Waals surface area contributed by atoms with E-state index in [1.54, 1.807) is 0 Å². The van der Waals surface area contributed by atoms with Crippen LogP contribution in [0.2, 0.25) is 0 Å². The Kier molecular flexibility index (Phi) is 5.63. The first-order valence-electron chi connectivity index (χ1n) is 6.03. The van der Waals surface area contributed by atoms with Crippen molar-refractivity contribution in [1.82, 2.24) is 10.0 Å². The number of nitrogens with one attached hydrogen (secondary N) is 2. The van der Waals surface area contributed by atoms with Gasteiger partial charge in [-0.3, -0.25) is 4.79 Å². The Morgan fingerprint density at radius 1 is 1.35 bits per heavy atom. The number of hydrogen-bond acceptors (Lipinski definition) is 5. The van der Waals surface area contributed by atoms with Crippen molar-refractivity contribution in [2.24, 2.45) is 5.73 Å². The van der Waals surface area contributed by atoms with Crippen molar-refractivity contribution in [3.63, 3.8) is 0 Å². The molecular formula is C12H19N3O4S. The van der Waals surface area contributed by atoms with Crippen LogP contribution in [-0.4, -0.2) is 45.2 Å². The second kappa shape index (κ2) is 6.80. The molecule has 0 aromatic heterocycles. The van der Waals surface area contributed by atoms with Gasteiger partial charge >= 0.3 is 0 Å². The predicted molar refractivity (Wildman–Crippen MR) is 74.7 cm³/mol. The quantitative estimate of drug-likeness (QED) is 0.539. The molecule has 0 heterocycles. The van der Waals surface area contributed by atoms with Crippen molar-refractivity contribution in [2.45, 2.75) is 24.0 Å². The fourth-order valence-electron chi connectivity index (χ4n) is 1.39. The van der Waals surface area contributed by atoms with Gasteiger partial charge in [0.1, 0.15) is 0 Å². The minimum atomic E-state index is -3.71. The van der Waals surface area contributed by atoms with Gasteiger partial charge in [0.2, 0.25) is 10.0 Å². The first kappa shape index (κ1) is 16.6. The average molecular weight is 301 g/mol. The molecule has 1 rings (SSSR count). The smallest absolute Gasteiger partial charge is 0.251 e. The van der Waals surface area contributed by atoms with Crippen LogP contribution in [0.15, 0.2) is 29.2 Å². The molecule has 0 spiro atoms. The first-order chi connectivity index (χ1) is 9.27. The van der Waals surface area contributed by atoms with Crippen molar-refractivity contribution >= 4 is 15.9 Å². The molecule has 2 unspecified atom stereocenters. The highest BCUT2D eigenvalue weighted by Gasteiger charge is 2.17. The summed E-state index contributed by atoms with van der Waals surface area (Å²) in [4.78, 5) is 11.4. The van der Waals surface area contributed by atoms with Crippen LogP contribution in [0.4, 0.5) is 0 Å². The number of aliphatic hydroxyl groups is 1. The molecule has 0 saturated carbocycles. The van der Waals surface area contributed by atoms with Crippen LogP contribution in [0.3, 0.4) is 0 Å². The number of benzene rings is 1. The average Bonchev–Trinajstić information content (AvgIpc) is 2.44. The second-order valence-electron chi connectivity index (χ2n) is 4.36. The van der Waals surface area contributed by atoms with E-state index in [0.29, 0.717) is 5.56 Å². The van der Waals surface area contributed by atoms with E-state index >= 15 is 0 Å². The van der Waals surface area contributed by atoms with Gasteiger partial charge in [-0.2, -0.15) is 0 Å². The number of nitrogens with two attached hydrogens (primary N) is 1. The van der Waals surface area contributed by atoms with Gasteiger partial charge in [0.15, 0.2) is 0 Å². The Morgan fingerprint density at radius 3 is 2.35 bits per heavy atom. The summed E-state index contributed by atoms with van der Waals surface area (Å²) in [6.07, 6.45) is -0.812. The number of amides is 1. The fourth-order valence-corrected chi connectivity index (χ4v) is 2.46. The van der Waals surface area contributed by atoms with Crippen molar-refractivity contribution in [2.75, 3.05) is 13.6 Å². The lowest BCUT2D eigenvalue weighted by Crippen LogP contribution is -2.43. The van der Waals surface area contributed by atoms with Crippen LogP contribution in [-0.2, 0) is 10.0 Å². The summed E-state index contributed by atoms with van der Waals surface area (Å²) >= 11 is 0. The lowest BCUT2D eigenvalue weighted by atomic mass is 10.2. The second-order valence-corrected chi connectivity index (χ2v) is 6.13. The third-order valence-electron chi connectivity index (χ3n) is 2.78. The van der Waals surface area contributed by atoms with Gasteiger partial charge in [-0.05, 0) is 31.2 Å². The van der Waals surface area contributed by atoms with Crippen molar-refractivity contribution in [1.29, 1.82) is 0 Å². The van der Waals surface area contributed by atoms with E-state index < -0.39 is 22.2 Å². The highest BCUT2D eigenvalue weighted by Crippen LogP contribution is 2.10. The van der Waals surface area contributed by atoms with E-state index in [1.165, 1.54) is 38.2 Å². The Bertz CT molecular complexity index is 555. The SMILES string of the molecule is CNC(=O)c1ccc(S(=O)(=O)NCC(N)C(C)O)cc1. The molecule has 20 heavy (non-hydrogen) atoms. The van der Waals surface area contributed by atoms with Gasteiger partial charge in [0, 0.05) is 25.2 Å². The minimum absolute atomic E-state index is 0.0305. The minimum Gasteiger partial charge on any atom is -0.392 e. The van der Waals surface area contributed by atoms with Crippen molar-refractivity contribution in [3.05, 3.63) is 29.8 Å². The molecule has 0 saturated heterocycles. The van der Waals surface area contributed by atoms with Gasteiger partial charge in [-0.1, -0.05) is 0 Å². The lowest BCUT2D eigenvalue weighted by molar-refractivity contribution is 0.0963. The molecule has 1 aromatic rings. The summed E-state index contributed by atoms with van der Waals surface area (Å²) in [6, 6.07) is 4.82. The molecule has 0 aliphatic carbocycles. The van der Waals surface area contributed by atoms with E-state index in [2.05, 4.69) is 10.0 Å². The fraction of sp³-hybridized carbons (Fsp3) is 0.417. The van der Waals surface area contributed by atoms with Crippen LogP contribution < -0.4 is 15.8 Å². The number of sulfonamides is 1. The summed E-state index contributed by atoms with van der Waals surface area (Å²) in [7, 11) is -2.22. The molecule has 1 amide bonds. The predicted octanol–water partition coefficient (Wildman–Crippen LogP) is -0.967. The zero-order chi connectivity index (χ0) is 15.3. The Labute approximate surface area is 118 Å². The molecular weight excluding hydrogens is 282 g/mol. The summed E-state index contributed by atoms with van der Waals surface area (Å²) < 4.78 is 26.2. The Hall–Kier alpha value is -1.48. The van der Waals surface area contributed by atoms with Gasteiger partial charge in [0.05, 0.1) is 11.0 Å². The number of aliphatic hydroxyl groups excluding tert-OH is 1. The summed E-state index contributed by atoms with van der Waals surface area (Å²) in [5, 5.41) is 11.7. The van der Waals surface area contributed by atoms with Crippen LogP contribution in [0, 0.1) is 0 Å². The van der Waals surface area contributed by atoms with E-state index in [4.69, 9.17) is 5.73 Å². The number of carbonyl (C=O) groups is 1. The maximum absolute atomic E-state index is 12.0. The molecule has 8 heteroatoms. The molecule has 0 radical (unpaired) electrons. The van der Waals surface area contributed by atoms with Crippen molar-refractivity contribution in [3.8, 4) is 0 Å². The van der Waals surface area contributed by atoms with Gasteiger partial charge < -0.3 is 16.2 Å². The third kappa shape index (κ3) is 4.27. The van der Waals surface area contributed by atoms with Crippen LogP contribution >= 0.6 is 0 Å². The third-order valence-corrected chi connectivity index (χ3v) is 4.22. The Morgan fingerprint density at radius 2 is 1.90 bits per heavy atom. The summed E-state index contributed by atoms with van der Waals surface area (Å²) in [5.41, 5.74) is 5.92.